The van der Waals surface area contributed by atoms with Gasteiger partial charge in [0.25, 0.3) is 11.7 Å². The largest absolute Gasteiger partial charge is 0.507 e. The number of aliphatic hydroxyl groups excluding tert-OH is 1. The lowest BCUT2D eigenvalue weighted by Crippen LogP contribution is -2.38. The van der Waals surface area contributed by atoms with Gasteiger partial charge in [0, 0.05) is 18.7 Å². The van der Waals surface area contributed by atoms with E-state index in [1.807, 2.05) is 6.07 Å². The van der Waals surface area contributed by atoms with Crippen molar-refractivity contribution in [1.82, 2.24) is 9.80 Å². The number of carbonyl (C=O) groups is 2. The third kappa shape index (κ3) is 6.48. The minimum atomic E-state index is -0.778. The van der Waals surface area contributed by atoms with Crippen molar-refractivity contribution in [1.29, 1.82) is 0 Å². The summed E-state index contributed by atoms with van der Waals surface area (Å²) in [5.41, 5.74) is 1.10. The molecule has 206 valence electrons. The van der Waals surface area contributed by atoms with Gasteiger partial charge in [0.15, 0.2) is 11.5 Å². The first kappa shape index (κ1) is 29.0. The molecule has 1 aliphatic rings. The van der Waals surface area contributed by atoms with Crippen LogP contribution in [0.25, 0.3) is 5.76 Å². The number of aliphatic hydroxyl groups is 1. The molecule has 2 aromatic carbocycles. The molecule has 0 aromatic heterocycles. The van der Waals surface area contributed by atoms with Crippen LogP contribution in [0.2, 0.25) is 0 Å². The van der Waals surface area contributed by atoms with Gasteiger partial charge >= 0.3 is 0 Å². The summed E-state index contributed by atoms with van der Waals surface area (Å²) in [5, 5.41) is 11.4. The Labute approximate surface area is 225 Å². The van der Waals surface area contributed by atoms with Crippen molar-refractivity contribution in [2.45, 2.75) is 46.1 Å². The predicted octanol–water partition coefficient (Wildman–Crippen LogP) is 5.04. The van der Waals surface area contributed by atoms with E-state index >= 15 is 0 Å². The second kappa shape index (κ2) is 13.9. The fourth-order valence-electron chi connectivity index (χ4n) is 4.68. The summed E-state index contributed by atoms with van der Waals surface area (Å²) in [6.45, 7) is 9.41. The number of hydrogen-bond donors (Lipinski definition) is 1. The molecule has 0 saturated carbocycles. The molecule has 1 atom stereocenters. The number of hydrogen-bond acceptors (Lipinski definition) is 7. The van der Waals surface area contributed by atoms with Gasteiger partial charge in [0.05, 0.1) is 32.4 Å². The summed E-state index contributed by atoms with van der Waals surface area (Å²) < 4.78 is 16.9. The molecule has 38 heavy (non-hydrogen) atoms. The average molecular weight is 525 g/mol. The molecule has 1 aliphatic heterocycles. The molecule has 1 heterocycles. The van der Waals surface area contributed by atoms with Crippen molar-refractivity contribution >= 4 is 17.4 Å². The van der Waals surface area contributed by atoms with Crippen LogP contribution in [0.15, 0.2) is 48.0 Å². The van der Waals surface area contributed by atoms with Crippen LogP contribution >= 0.6 is 0 Å². The SMILES string of the molecule is CCCCCOc1ccc(C2/C(=C(\O)c3cccc(OC)c3)C(=O)C(=O)N2CCN(CC)CC)cc1OC. The van der Waals surface area contributed by atoms with Crippen molar-refractivity contribution in [3.63, 3.8) is 0 Å². The number of rotatable bonds is 14. The van der Waals surface area contributed by atoms with Gasteiger partial charge in [-0.3, -0.25) is 9.59 Å². The zero-order chi connectivity index (χ0) is 27.7. The summed E-state index contributed by atoms with van der Waals surface area (Å²) in [5.74, 6) is 0.0539. The second-order valence-corrected chi connectivity index (χ2v) is 9.22. The molecule has 8 heteroatoms. The Balaban J connectivity index is 2.08. The van der Waals surface area contributed by atoms with E-state index < -0.39 is 17.7 Å². The quantitative estimate of drug-likeness (QED) is 0.160. The van der Waals surface area contributed by atoms with Crippen LogP contribution < -0.4 is 14.2 Å². The lowest BCUT2D eigenvalue weighted by molar-refractivity contribution is -0.140. The van der Waals surface area contributed by atoms with Gasteiger partial charge in [-0.25, -0.2) is 0 Å². The third-order valence-corrected chi connectivity index (χ3v) is 6.94. The Kier molecular flexibility index (Phi) is 10.6. The van der Waals surface area contributed by atoms with E-state index in [1.165, 1.54) is 7.11 Å². The molecule has 1 N–H and O–H groups in total. The van der Waals surface area contributed by atoms with E-state index in [0.29, 0.717) is 48.1 Å². The highest BCUT2D eigenvalue weighted by Gasteiger charge is 2.46. The Morgan fingerprint density at radius 3 is 2.39 bits per heavy atom. The standard InChI is InChI=1S/C30H40N2O6/c1-6-9-10-18-38-24-15-14-21(20-25(24)37-5)27-26(28(33)22-12-11-13-23(19-22)36-4)29(34)30(35)32(27)17-16-31(7-2)8-3/h11-15,19-20,27,33H,6-10,16-18H2,1-5H3/b28-26+. The molecular weight excluding hydrogens is 484 g/mol. The number of likely N-dealkylation sites (tertiary alicyclic amines) is 1. The predicted molar refractivity (Wildman–Crippen MR) is 148 cm³/mol. The fourth-order valence-corrected chi connectivity index (χ4v) is 4.68. The van der Waals surface area contributed by atoms with E-state index in [0.717, 1.165) is 32.4 Å². The van der Waals surface area contributed by atoms with Crippen LogP contribution in [-0.2, 0) is 9.59 Å². The van der Waals surface area contributed by atoms with Crippen LogP contribution in [0.5, 0.6) is 17.2 Å². The third-order valence-electron chi connectivity index (χ3n) is 6.94. The minimum Gasteiger partial charge on any atom is -0.507 e. The fraction of sp³-hybridized carbons (Fsp3) is 0.467. The van der Waals surface area contributed by atoms with E-state index in [2.05, 4.69) is 25.7 Å². The van der Waals surface area contributed by atoms with Crippen molar-refractivity contribution in [2.75, 3.05) is 47.0 Å². The monoisotopic (exact) mass is 524 g/mol. The topological polar surface area (TPSA) is 88.5 Å². The van der Waals surface area contributed by atoms with Crippen LogP contribution in [0, 0.1) is 0 Å². The zero-order valence-corrected chi connectivity index (χ0v) is 23.2. The number of methoxy groups -OCH3 is 2. The van der Waals surface area contributed by atoms with Gasteiger partial charge in [-0.15, -0.1) is 0 Å². The van der Waals surface area contributed by atoms with Crippen LogP contribution in [-0.4, -0.2) is 73.6 Å². The van der Waals surface area contributed by atoms with E-state index in [-0.39, 0.29) is 11.3 Å². The van der Waals surface area contributed by atoms with Gasteiger partial charge in [0.2, 0.25) is 0 Å². The molecular formula is C30H40N2O6. The van der Waals surface area contributed by atoms with Crippen molar-refractivity contribution in [2.24, 2.45) is 0 Å². The first-order chi connectivity index (χ1) is 18.4. The highest BCUT2D eigenvalue weighted by molar-refractivity contribution is 6.46. The normalized spacial score (nSPS) is 16.8. The summed E-state index contributed by atoms with van der Waals surface area (Å²) in [4.78, 5) is 30.4. The molecule has 2 aromatic rings. The molecule has 1 amide bonds. The van der Waals surface area contributed by atoms with Crippen LogP contribution in [0.3, 0.4) is 0 Å². The van der Waals surface area contributed by atoms with Crippen LogP contribution in [0.4, 0.5) is 0 Å². The molecule has 0 bridgehead atoms. The Morgan fingerprint density at radius 1 is 0.974 bits per heavy atom. The molecule has 0 aliphatic carbocycles. The van der Waals surface area contributed by atoms with Gasteiger partial charge in [-0.1, -0.05) is 51.8 Å². The second-order valence-electron chi connectivity index (χ2n) is 9.22. The molecule has 0 spiro atoms. The maximum atomic E-state index is 13.4. The number of likely N-dealkylation sites (N-methyl/N-ethyl adjacent to an activating group) is 1. The molecule has 8 nitrogen and oxygen atoms in total. The van der Waals surface area contributed by atoms with Crippen molar-refractivity contribution in [3.8, 4) is 17.2 Å². The number of nitrogens with zero attached hydrogens (tertiary/aromatic N) is 2. The molecule has 0 radical (unpaired) electrons. The summed E-state index contributed by atoms with van der Waals surface area (Å²) >= 11 is 0. The maximum absolute atomic E-state index is 13.4. The number of ketones is 1. The van der Waals surface area contributed by atoms with E-state index in [9.17, 15) is 14.7 Å². The lowest BCUT2D eigenvalue weighted by atomic mass is 9.95. The minimum absolute atomic E-state index is 0.0430. The first-order valence-electron chi connectivity index (χ1n) is 13.4. The summed E-state index contributed by atoms with van der Waals surface area (Å²) in [7, 11) is 3.09. The molecule has 1 fully saturated rings. The van der Waals surface area contributed by atoms with E-state index in [4.69, 9.17) is 14.2 Å². The van der Waals surface area contributed by atoms with Gasteiger partial charge in [0.1, 0.15) is 11.5 Å². The van der Waals surface area contributed by atoms with Crippen molar-refractivity contribution < 1.29 is 28.9 Å². The van der Waals surface area contributed by atoms with Crippen LogP contribution in [0.1, 0.15) is 57.2 Å². The summed E-state index contributed by atoms with van der Waals surface area (Å²) in [6.07, 6.45) is 3.11. The Morgan fingerprint density at radius 2 is 1.74 bits per heavy atom. The molecule has 1 saturated heterocycles. The number of ether oxygens (including phenoxy) is 3. The van der Waals surface area contributed by atoms with Crippen molar-refractivity contribution in [3.05, 3.63) is 59.2 Å². The summed E-state index contributed by atoms with van der Waals surface area (Å²) in [6, 6.07) is 11.5. The Bertz CT molecular complexity index is 1140. The molecule has 3 rings (SSSR count). The zero-order valence-electron chi connectivity index (χ0n) is 23.2. The van der Waals surface area contributed by atoms with Gasteiger partial charge in [-0.05, 0) is 49.3 Å². The van der Waals surface area contributed by atoms with E-state index in [1.54, 1.807) is 48.4 Å². The number of unbranched alkanes of at least 4 members (excludes halogenated alkanes) is 2. The Hall–Kier alpha value is -3.52. The van der Waals surface area contributed by atoms with Gasteiger partial charge < -0.3 is 29.1 Å². The number of Topliss-reactive ketones (excluding diaryl/α,β-unsaturated/α-hetero) is 1. The van der Waals surface area contributed by atoms with Gasteiger partial charge in [-0.2, -0.15) is 0 Å². The first-order valence-corrected chi connectivity index (χ1v) is 13.4. The average Bonchev–Trinajstić information content (AvgIpc) is 3.20. The highest BCUT2D eigenvalue weighted by Crippen LogP contribution is 2.42. The highest BCUT2D eigenvalue weighted by atomic mass is 16.5. The lowest BCUT2D eigenvalue weighted by Gasteiger charge is -2.28. The molecule has 1 unspecified atom stereocenters. The number of amides is 1. The smallest absolute Gasteiger partial charge is 0.295 e. The number of carbonyl (C=O) groups excluding carboxylic acids is 2. The number of benzene rings is 2. The maximum Gasteiger partial charge on any atom is 0.295 e.